The Bertz CT molecular complexity index is 818. The Morgan fingerprint density at radius 2 is 1.71 bits per heavy atom. The van der Waals surface area contributed by atoms with Crippen molar-refractivity contribution in [2.75, 3.05) is 18.4 Å². The number of carbonyl (C=O) groups is 3. The molecule has 0 spiro atoms. The normalized spacial score (nSPS) is 28.1. The molecule has 4 amide bonds. The Balaban J connectivity index is 1.25. The molecule has 31 heavy (non-hydrogen) atoms. The third kappa shape index (κ3) is 5.20. The fourth-order valence-electron chi connectivity index (χ4n) is 6.33. The molecule has 5 rings (SSSR count). The monoisotopic (exact) mass is 426 g/mol. The number of anilines is 1. The summed E-state index contributed by atoms with van der Waals surface area (Å²) in [6.07, 6.45) is 7.11. The Labute approximate surface area is 184 Å². The second-order valence-corrected chi connectivity index (χ2v) is 9.79. The van der Waals surface area contributed by atoms with Crippen LogP contribution < -0.4 is 16.0 Å². The molecule has 4 saturated carbocycles. The van der Waals surface area contributed by atoms with Gasteiger partial charge in [-0.25, -0.2) is 4.79 Å². The first kappa shape index (κ1) is 21.7. The molecule has 7 nitrogen and oxygen atoms in total. The smallest absolute Gasteiger partial charge is 0.321 e. The van der Waals surface area contributed by atoms with Crippen LogP contribution in [0.25, 0.3) is 0 Å². The van der Waals surface area contributed by atoms with Crippen LogP contribution in [0.3, 0.4) is 0 Å². The molecule has 7 heteroatoms. The van der Waals surface area contributed by atoms with Gasteiger partial charge in [-0.05, 0) is 80.9 Å². The van der Waals surface area contributed by atoms with Crippen molar-refractivity contribution in [3.63, 3.8) is 0 Å². The molecule has 0 aliphatic heterocycles. The molecule has 0 radical (unpaired) electrons. The van der Waals surface area contributed by atoms with Gasteiger partial charge in [0.1, 0.15) is 0 Å². The maximum absolute atomic E-state index is 12.5. The van der Waals surface area contributed by atoms with E-state index in [1.54, 1.807) is 11.8 Å². The van der Waals surface area contributed by atoms with Crippen molar-refractivity contribution in [1.29, 1.82) is 0 Å². The zero-order valence-corrected chi connectivity index (χ0v) is 18.6. The Hall–Kier alpha value is -2.57. The second-order valence-electron chi connectivity index (χ2n) is 9.79. The summed E-state index contributed by atoms with van der Waals surface area (Å²) in [7, 11) is 0. The summed E-state index contributed by atoms with van der Waals surface area (Å²) < 4.78 is 0. The number of nitrogens with one attached hydrogen (secondary N) is 3. The van der Waals surface area contributed by atoms with Crippen molar-refractivity contribution in [3.05, 3.63) is 29.8 Å². The summed E-state index contributed by atoms with van der Waals surface area (Å²) in [5.74, 6) is 1.89. The average Bonchev–Trinajstić information content (AvgIpc) is 2.69. The van der Waals surface area contributed by atoms with Crippen LogP contribution in [0.1, 0.15) is 57.9 Å². The number of rotatable bonds is 7. The third-order valence-electron chi connectivity index (χ3n) is 7.25. The Kier molecular flexibility index (Phi) is 6.21. The van der Waals surface area contributed by atoms with Crippen LogP contribution in [-0.4, -0.2) is 41.4 Å². The second kappa shape index (κ2) is 8.89. The van der Waals surface area contributed by atoms with Crippen molar-refractivity contribution in [2.24, 2.45) is 17.8 Å². The lowest BCUT2D eigenvalue weighted by molar-refractivity contribution is -0.129. The van der Waals surface area contributed by atoms with Crippen LogP contribution in [0.5, 0.6) is 0 Å². The molecule has 0 aromatic heterocycles. The van der Waals surface area contributed by atoms with E-state index in [0.29, 0.717) is 13.1 Å². The number of benzene rings is 1. The van der Waals surface area contributed by atoms with Crippen LogP contribution in [0.15, 0.2) is 24.3 Å². The number of hydrogen-bond acceptors (Lipinski definition) is 4. The number of carbonyl (C=O) groups excluding carboxylic acids is 3. The molecule has 4 fully saturated rings. The maximum atomic E-state index is 12.5. The lowest BCUT2D eigenvalue weighted by Gasteiger charge is -2.56. The third-order valence-corrected chi connectivity index (χ3v) is 7.25. The number of hydrogen-bond donors (Lipinski definition) is 3. The fraction of sp³-hybridized carbons (Fsp3) is 0.625. The number of amides is 4. The topological polar surface area (TPSA) is 90.5 Å². The lowest BCUT2D eigenvalue weighted by atomic mass is 9.53. The standard InChI is InChI=1S/C24H34N4O3/c1-3-28(16(2)29)15-17-5-4-6-21(10-17)25-14-22(30)26-23(31)27-24-11-18-7-19(12-24)9-20(8-18)13-24/h4-6,10,18-20,25H,3,7-9,11-15H2,1-2H3,(H2,26,27,30,31). The van der Waals surface area contributed by atoms with Gasteiger partial charge < -0.3 is 15.5 Å². The lowest BCUT2D eigenvalue weighted by Crippen LogP contribution is -2.62. The van der Waals surface area contributed by atoms with E-state index >= 15 is 0 Å². The van der Waals surface area contributed by atoms with E-state index in [0.717, 1.165) is 48.3 Å². The quantitative estimate of drug-likeness (QED) is 0.624. The van der Waals surface area contributed by atoms with Crippen LogP contribution in [0.4, 0.5) is 10.5 Å². The van der Waals surface area contributed by atoms with Gasteiger partial charge in [0, 0.05) is 31.2 Å². The molecule has 0 saturated heterocycles. The summed E-state index contributed by atoms with van der Waals surface area (Å²) in [6, 6.07) is 7.27. The minimum atomic E-state index is -0.373. The van der Waals surface area contributed by atoms with Gasteiger partial charge in [0.25, 0.3) is 0 Å². The molecule has 1 aromatic carbocycles. The van der Waals surface area contributed by atoms with Gasteiger partial charge in [0.2, 0.25) is 11.8 Å². The molecule has 0 unspecified atom stereocenters. The van der Waals surface area contributed by atoms with Crippen LogP contribution in [-0.2, 0) is 16.1 Å². The predicted octanol–water partition coefficient (Wildman–Crippen LogP) is 3.26. The van der Waals surface area contributed by atoms with Gasteiger partial charge in [0.05, 0.1) is 6.54 Å². The zero-order chi connectivity index (χ0) is 22.0. The molecule has 4 aliphatic rings. The van der Waals surface area contributed by atoms with E-state index in [2.05, 4.69) is 16.0 Å². The number of urea groups is 1. The minimum absolute atomic E-state index is 0.0158. The van der Waals surface area contributed by atoms with E-state index in [4.69, 9.17) is 0 Å². The van der Waals surface area contributed by atoms with E-state index in [-0.39, 0.29) is 29.9 Å². The first-order chi connectivity index (χ1) is 14.8. The van der Waals surface area contributed by atoms with Gasteiger partial charge in [-0.1, -0.05) is 12.1 Å². The number of nitrogens with zero attached hydrogens (tertiary/aromatic N) is 1. The molecule has 4 aliphatic carbocycles. The van der Waals surface area contributed by atoms with Gasteiger partial charge >= 0.3 is 6.03 Å². The highest BCUT2D eigenvalue weighted by Crippen LogP contribution is 2.55. The average molecular weight is 427 g/mol. The summed E-state index contributed by atoms with van der Waals surface area (Å²) in [5, 5.41) is 8.73. The van der Waals surface area contributed by atoms with Crippen LogP contribution in [0, 0.1) is 17.8 Å². The minimum Gasteiger partial charge on any atom is -0.376 e. The van der Waals surface area contributed by atoms with E-state index < -0.39 is 0 Å². The maximum Gasteiger partial charge on any atom is 0.321 e. The van der Waals surface area contributed by atoms with E-state index in [1.807, 2.05) is 31.2 Å². The zero-order valence-electron chi connectivity index (χ0n) is 18.6. The van der Waals surface area contributed by atoms with Crippen molar-refractivity contribution in [3.8, 4) is 0 Å². The summed E-state index contributed by atoms with van der Waals surface area (Å²) in [4.78, 5) is 38.2. The van der Waals surface area contributed by atoms with Gasteiger partial charge in [-0.2, -0.15) is 0 Å². The number of imide groups is 1. The highest BCUT2D eigenvalue weighted by Gasteiger charge is 2.51. The fourth-order valence-corrected chi connectivity index (χ4v) is 6.33. The van der Waals surface area contributed by atoms with Crippen molar-refractivity contribution >= 4 is 23.5 Å². The molecule has 1 aromatic rings. The van der Waals surface area contributed by atoms with Crippen LogP contribution >= 0.6 is 0 Å². The van der Waals surface area contributed by atoms with Crippen molar-refractivity contribution < 1.29 is 14.4 Å². The van der Waals surface area contributed by atoms with Gasteiger partial charge in [-0.3, -0.25) is 14.9 Å². The van der Waals surface area contributed by atoms with Crippen LogP contribution in [0.2, 0.25) is 0 Å². The highest BCUT2D eigenvalue weighted by molar-refractivity contribution is 5.96. The molecule has 4 bridgehead atoms. The highest BCUT2D eigenvalue weighted by atomic mass is 16.2. The first-order valence-corrected chi connectivity index (χ1v) is 11.5. The molecule has 168 valence electrons. The van der Waals surface area contributed by atoms with Gasteiger partial charge in [0.15, 0.2) is 0 Å². The SMILES string of the molecule is CCN(Cc1cccc(NCC(=O)NC(=O)NC23CC4CC(CC(C4)C2)C3)c1)C(C)=O. The summed E-state index contributed by atoms with van der Waals surface area (Å²) >= 11 is 0. The van der Waals surface area contributed by atoms with E-state index in [1.165, 1.54) is 19.3 Å². The predicted molar refractivity (Wildman–Crippen MR) is 119 cm³/mol. The summed E-state index contributed by atoms with van der Waals surface area (Å²) in [6.45, 7) is 4.70. The van der Waals surface area contributed by atoms with Crippen molar-refractivity contribution in [1.82, 2.24) is 15.5 Å². The molecular weight excluding hydrogens is 392 g/mol. The largest absolute Gasteiger partial charge is 0.376 e. The molecule has 0 atom stereocenters. The van der Waals surface area contributed by atoms with E-state index in [9.17, 15) is 14.4 Å². The summed E-state index contributed by atoms with van der Waals surface area (Å²) in [5.41, 5.74) is 1.67. The Morgan fingerprint density at radius 1 is 1.06 bits per heavy atom. The molecular formula is C24H34N4O3. The molecule has 3 N–H and O–H groups in total. The van der Waals surface area contributed by atoms with Gasteiger partial charge in [-0.15, -0.1) is 0 Å². The van der Waals surface area contributed by atoms with Crippen molar-refractivity contribution in [2.45, 2.75) is 64.5 Å². The molecule has 0 heterocycles. The first-order valence-electron chi connectivity index (χ1n) is 11.5. The Morgan fingerprint density at radius 3 is 2.29 bits per heavy atom.